The summed E-state index contributed by atoms with van der Waals surface area (Å²) >= 11 is 0. The molecule has 0 bridgehead atoms. The standard InChI is InChI=1S/C26H33F2NO3/c1-3-31-25(30)17-22-13-15-29(18-19(22)2)14-4-16-32-26(20-5-9-23(27)10-6-20)21-7-11-24(28)12-8-21/h5-12,19,22,26H,3-4,13-18H2,1-2H3/t19-,22-/m1/s1. The molecule has 1 aliphatic heterocycles. The van der Waals surface area contributed by atoms with Crippen molar-refractivity contribution in [3.05, 3.63) is 71.3 Å². The Morgan fingerprint density at radius 1 is 1.06 bits per heavy atom. The van der Waals surface area contributed by atoms with Gasteiger partial charge in [0.2, 0.25) is 0 Å². The van der Waals surface area contributed by atoms with Gasteiger partial charge in [0.15, 0.2) is 0 Å². The van der Waals surface area contributed by atoms with Crippen molar-refractivity contribution in [1.82, 2.24) is 4.90 Å². The molecule has 4 nitrogen and oxygen atoms in total. The molecule has 0 N–H and O–H groups in total. The van der Waals surface area contributed by atoms with E-state index in [4.69, 9.17) is 9.47 Å². The summed E-state index contributed by atoms with van der Waals surface area (Å²) in [6, 6.07) is 12.5. The van der Waals surface area contributed by atoms with Crippen molar-refractivity contribution in [2.45, 2.75) is 39.2 Å². The van der Waals surface area contributed by atoms with Crippen LogP contribution < -0.4 is 0 Å². The van der Waals surface area contributed by atoms with Gasteiger partial charge in [-0.3, -0.25) is 4.79 Å². The van der Waals surface area contributed by atoms with E-state index in [-0.39, 0.29) is 23.7 Å². The number of piperidine rings is 1. The summed E-state index contributed by atoms with van der Waals surface area (Å²) in [6.45, 7) is 7.85. The van der Waals surface area contributed by atoms with Gasteiger partial charge in [0.1, 0.15) is 17.7 Å². The molecular weight excluding hydrogens is 412 g/mol. The summed E-state index contributed by atoms with van der Waals surface area (Å²) in [4.78, 5) is 14.2. The number of likely N-dealkylation sites (tertiary alicyclic amines) is 1. The zero-order valence-electron chi connectivity index (χ0n) is 18.9. The highest BCUT2D eigenvalue weighted by Gasteiger charge is 2.28. The van der Waals surface area contributed by atoms with Gasteiger partial charge in [0.05, 0.1) is 6.61 Å². The molecule has 32 heavy (non-hydrogen) atoms. The smallest absolute Gasteiger partial charge is 0.306 e. The van der Waals surface area contributed by atoms with E-state index in [9.17, 15) is 13.6 Å². The minimum atomic E-state index is -0.370. The number of esters is 1. The van der Waals surface area contributed by atoms with Crippen LogP contribution >= 0.6 is 0 Å². The van der Waals surface area contributed by atoms with E-state index < -0.39 is 0 Å². The lowest BCUT2D eigenvalue weighted by Crippen LogP contribution is -2.40. The predicted octanol–water partition coefficient (Wildman–Crippen LogP) is 5.37. The van der Waals surface area contributed by atoms with Crippen molar-refractivity contribution in [1.29, 1.82) is 0 Å². The quantitative estimate of drug-likeness (QED) is 0.364. The molecule has 0 radical (unpaired) electrons. The van der Waals surface area contributed by atoms with Crippen molar-refractivity contribution in [3.63, 3.8) is 0 Å². The topological polar surface area (TPSA) is 38.8 Å². The number of carbonyl (C=O) groups excluding carboxylic acids is 1. The number of halogens is 2. The van der Waals surface area contributed by atoms with E-state index in [2.05, 4.69) is 11.8 Å². The van der Waals surface area contributed by atoms with Crippen LogP contribution in [0.1, 0.15) is 50.3 Å². The number of carbonyl (C=O) groups is 1. The van der Waals surface area contributed by atoms with Gasteiger partial charge in [-0.1, -0.05) is 31.2 Å². The molecule has 0 spiro atoms. The Balaban J connectivity index is 1.49. The molecule has 2 atom stereocenters. The van der Waals surface area contributed by atoms with Crippen LogP contribution in [0.15, 0.2) is 48.5 Å². The fourth-order valence-corrected chi connectivity index (χ4v) is 4.37. The average molecular weight is 446 g/mol. The lowest BCUT2D eigenvalue weighted by Gasteiger charge is -2.36. The molecule has 0 aliphatic carbocycles. The third kappa shape index (κ3) is 7.10. The molecule has 2 aromatic carbocycles. The van der Waals surface area contributed by atoms with E-state index in [1.54, 1.807) is 24.3 Å². The van der Waals surface area contributed by atoms with Crippen LogP contribution in [-0.2, 0) is 14.3 Å². The van der Waals surface area contributed by atoms with Gasteiger partial charge < -0.3 is 14.4 Å². The number of rotatable bonds is 10. The molecule has 0 aromatic heterocycles. The van der Waals surface area contributed by atoms with Crippen molar-refractivity contribution in [3.8, 4) is 0 Å². The Kier molecular flexibility index (Phi) is 9.18. The van der Waals surface area contributed by atoms with Gasteiger partial charge >= 0.3 is 5.97 Å². The molecule has 1 heterocycles. The van der Waals surface area contributed by atoms with Gasteiger partial charge in [-0.15, -0.1) is 0 Å². The van der Waals surface area contributed by atoms with Crippen LogP contribution in [-0.4, -0.2) is 43.7 Å². The number of nitrogens with zero attached hydrogens (tertiary/aromatic N) is 1. The van der Waals surface area contributed by atoms with Crippen LogP contribution in [0.4, 0.5) is 8.78 Å². The Labute approximate surface area is 189 Å². The Morgan fingerprint density at radius 2 is 1.66 bits per heavy atom. The molecular formula is C26H33F2NO3. The molecule has 1 saturated heterocycles. The summed E-state index contributed by atoms with van der Waals surface area (Å²) in [6.07, 6.45) is 1.98. The maximum atomic E-state index is 13.4. The van der Waals surface area contributed by atoms with E-state index >= 15 is 0 Å². The largest absolute Gasteiger partial charge is 0.466 e. The average Bonchev–Trinajstić information content (AvgIpc) is 2.77. The van der Waals surface area contributed by atoms with Crippen molar-refractivity contribution < 1.29 is 23.0 Å². The Hall–Kier alpha value is -2.31. The fraction of sp³-hybridized carbons (Fsp3) is 0.500. The second-order valence-electron chi connectivity index (χ2n) is 8.54. The van der Waals surface area contributed by atoms with Crippen molar-refractivity contribution in [2.75, 3.05) is 32.8 Å². The minimum Gasteiger partial charge on any atom is -0.466 e. The van der Waals surface area contributed by atoms with Gasteiger partial charge in [0.25, 0.3) is 0 Å². The zero-order valence-corrected chi connectivity index (χ0v) is 18.9. The highest BCUT2D eigenvalue weighted by molar-refractivity contribution is 5.69. The highest BCUT2D eigenvalue weighted by atomic mass is 19.1. The first kappa shape index (κ1) is 24.3. The second kappa shape index (κ2) is 12.1. The maximum Gasteiger partial charge on any atom is 0.306 e. The summed E-state index contributed by atoms with van der Waals surface area (Å²) < 4.78 is 38.0. The minimum absolute atomic E-state index is 0.0983. The molecule has 3 rings (SSSR count). The first-order chi connectivity index (χ1) is 15.5. The third-order valence-electron chi connectivity index (χ3n) is 6.15. The van der Waals surface area contributed by atoms with Crippen LogP contribution in [0, 0.1) is 23.5 Å². The third-order valence-corrected chi connectivity index (χ3v) is 6.15. The van der Waals surface area contributed by atoms with Crippen molar-refractivity contribution >= 4 is 5.97 Å². The summed E-state index contributed by atoms with van der Waals surface area (Å²) in [5, 5.41) is 0. The summed E-state index contributed by atoms with van der Waals surface area (Å²) in [7, 11) is 0. The van der Waals surface area contributed by atoms with Crippen LogP contribution in [0.5, 0.6) is 0 Å². The number of ether oxygens (including phenoxy) is 2. The number of hydrogen-bond donors (Lipinski definition) is 0. The van der Waals surface area contributed by atoms with Gasteiger partial charge in [0, 0.05) is 26.1 Å². The molecule has 0 saturated carbocycles. The molecule has 6 heteroatoms. The normalized spacial score (nSPS) is 19.3. The second-order valence-corrected chi connectivity index (χ2v) is 8.54. The number of hydrogen-bond acceptors (Lipinski definition) is 4. The van der Waals surface area contributed by atoms with Gasteiger partial charge in [-0.2, -0.15) is 0 Å². The Bertz CT molecular complexity index is 796. The van der Waals surface area contributed by atoms with Crippen LogP contribution in [0.3, 0.4) is 0 Å². The van der Waals surface area contributed by atoms with Gasteiger partial charge in [-0.25, -0.2) is 8.78 Å². The molecule has 0 amide bonds. The summed E-state index contributed by atoms with van der Waals surface area (Å²) in [5.74, 6) is 0.126. The Morgan fingerprint density at radius 3 is 2.19 bits per heavy atom. The molecule has 2 aromatic rings. The fourth-order valence-electron chi connectivity index (χ4n) is 4.37. The molecule has 174 valence electrons. The van der Waals surface area contributed by atoms with Crippen LogP contribution in [0.2, 0.25) is 0 Å². The SMILES string of the molecule is CCOC(=O)C[C@H]1CCN(CCCOC(c2ccc(F)cc2)c2ccc(F)cc2)C[C@H]1C. The molecule has 0 unspecified atom stereocenters. The van der Waals surface area contributed by atoms with E-state index in [0.29, 0.717) is 31.5 Å². The van der Waals surface area contributed by atoms with Gasteiger partial charge in [-0.05, 0) is 73.5 Å². The maximum absolute atomic E-state index is 13.4. The first-order valence-corrected chi connectivity index (χ1v) is 11.5. The summed E-state index contributed by atoms with van der Waals surface area (Å²) in [5.41, 5.74) is 1.68. The highest BCUT2D eigenvalue weighted by Crippen LogP contribution is 2.28. The van der Waals surface area contributed by atoms with E-state index in [1.807, 2.05) is 6.92 Å². The predicted molar refractivity (Wildman–Crippen MR) is 120 cm³/mol. The molecule has 1 fully saturated rings. The lowest BCUT2D eigenvalue weighted by atomic mass is 9.84. The van der Waals surface area contributed by atoms with E-state index in [1.165, 1.54) is 24.3 Å². The first-order valence-electron chi connectivity index (χ1n) is 11.5. The zero-order chi connectivity index (χ0) is 22.9. The monoisotopic (exact) mass is 445 g/mol. The molecule has 1 aliphatic rings. The van der Waals surface area contributed by atoms with E-state index in [0.717, 1.165) is 43.6 Å². The lowest BCUT2D eigenvalue weighted by molar-refractivity contribution is -0.145. The number of benzene rings is 2. The van der Waals surface area contributed by atoms with Crippen molar-refractivity contribution in [2.24, 2.45) is 11.8 Å². The van der Waals surface area contributed by atoms with Crippen LogP contribution in [0.25, 0.3) is 0 Å².